The molecule has 1 aromatic rings. The molecular formula is C18H25ClN2O5S. The smallest absolute Gasteiger partial charge is 0.307 e. The second kappa shape index (κ2) is 9.03. The van der Waals surface area contributed by atoms with Crippen molar-refractivity contribution >= 4 is 33.5 Å². The Bertz CT molecular complexity index is 802. The molecule has 7 nitrogen and oxygen atoms in total. The summed E-state index contributed by atoms with van der Waals surface area (Å²) < 4.78 is 32.0. The molecule has 1 heterocycles. The molecule has 0 aliphatic carbocycles. The lowest BCUT2D eigenvalue weighted by atomic mass is 9.94. The first-order valence-electron chi connectivity index (χ1n) is 8.79. The highest BCUT2D eigenvalue weighted by Gasteiger charge is 2.32. The minimum absolute atomic E-state index is 0.0153. The van der Waals surface area contributed by atoms with E-state index in [0.717, 1.165) is 6.42 Å². The molecule has 0 unspecified atom stereocenters. The monoisotopic (exact) mass is 416 g/mol. The van der Waals surface area contributed by atoms with Gasteiger partial charge in [-0.1, -0.05) is 25.4 Å². The summed E-state index contributed by atoms with van der Waals surface area (Å²) in [6.45, 7) is 5.03. The molecule has 27 heavy (non-hydrogen) atoms. The molecule has 0 spiro atoms. The number of nitrogens with one attached hydrogen (secondary N) is 1. The van der Waals surface area contributed by atoms with Gasteiger partial charge in [0.15, 0.2) is 0 Å². The van der Waals surface area contributed by atoms with Crippen LogP contribution in [0.15, 0.2) is 23.1 Å². The Morgan fingerprint density at radius 3 is 2.48 bits per heavy atom. The maximum Gasteiger partial charge on any atom is 0.307 e. The minimum atomic E-state index is -3.72. The molecule has 1 fully saturated rings. The predicted molar refractivity (Wildman–Crippen MR) is 102 cm³/mol. The highest BCUT2D eigenvalue weighted by atomic mass is 35.5. The first-order chi connectivity index (χ1) is 12.6. The molecule has 0 aromatic heterocycles. The Morgan fingerprint density at radius 2 is 1.89 bits per heavy atom. The predicted octanol–water partition coefficient (Wildman–Crippen LogP) is 2.30. The van der Waals surface area contributed by atoms with Gasteiger partial charge in [0.05, 0.1) is 29.0 Å². The first kappa shape index (κ1) is 21.7. The topological polar surface area (TPSA) is 92.8 Å². The molecule has 9 heteroatoms. The van der Waals surface area contributed by atoms with E-state index in [9.17, 15) is 18.0 Å². The van der Waals surface area contributed by atoms with E-state index in [0.29, 0.717) is 13.1 Å². The number of sulfonamides is 1. The summed E-state index contributed by atoms with van der Waals surface area (Å²) in [6.07, 6.45) is 1.00. The number of benzene rings is 1. The third-order valence-corrected chi connectivity index (χ3v) is 6.66. The fourth-order valence-electron chi connectivity index (χ4n) is 3.27. The molecule has 0 saturated carbocycles. The largest absolute Gasteiger partial charge is 0.469 e. The molecule has 0 bridgehead atoms. The van der Waals surface area contributed by atoms with Crippen molar-refractivity contribution in [2.24, 2.45) is 11.8 Å². The number of piperidine rings is 1. The third kappa shape index (κ3) is 5.43. The molecule has 1 saturated heterocycles. The number of carbonyl (C=O) groups excluding carboxylic acids is 2. The van der Waals surface area contributed by atoms with Gasteiger partial charge >= 0.3 is 5.97 Å². The highest BCUT2D eigenvalue weighted by Crippen LogP contribution is 2.28. The van der Waals surface area contributed by atoms with E-state index < -0.39 is 21.9 Å². The summed E-state index contributed by atoms with van der Waals surface area (Å²) in [4.78, 5) is 23.5. The summed E-state index contributed by atoms with van der Waals surface area (Å²) in [7, 11) is -2.46. The Labute approximate surface area is 165 Å². The van der Waals surface area contributed by atoms with E-state index in [-0.39, 0.29) is 40.3 Å². The van der Waals surface area contributed by atoms with E-state index in [1.165, 1.54) is 29.6 Å². The molecule has 1 aromatic carbocycles. The number of nitrogens with zero attached hydrogens (tertiary/aromatic N) is 1. The van der Waals surface area contributed by atoms with Crippen LogP contribution in [0, 0.1) is 11.8 Å². The Kier molecular flexibility index (Phi) is 7.25. The second-order valence-corrected chi connectivity index (χ2v) is 9.34. The zero-order valence-corrected chi connectivity index (χ0v) is 17.3. The van der Waals surface area contributed by atoms with Crippen LogP contribution in [0.1, 0.15) is 37.0 Å². The van der Waals surface area contributed by atoms with Crippen LogP contribution in [0.25, 0.3) is 0 Å². The van der Waals surface area contributed by atoms with Crippen LogP contribution in [0.4, 0.5) is 0 Å². The summed E-state index contributed by atoms with van der Waals surface area (Å²) in [6, 6.07) is 4.10. The molecule has 1 aliphatic rings. The quantitative estimate of drug-likeness (QED) is 0.718. The van der Waals surface area contributed by atoms with Crippen LogP contribution in [0.2, 0.25) is 5.02 Å². The number of halogens is 1. The molecule has 2 rings (SSSR count). The minimum Gasteiger partial charge on any atom is -0.469 e. The fourth-order valence-corrected chi connectivity index (χ4v) is 5.18. The van der Waals surface area contributed by atoms with Gasteiger partial charge in [0.25, 0.3) is 5.91 Å². The van der Waals surface area contributed by atoms with Gasteiger partial charge in [-0.05, 0) is 36.5 Å². The van der Waals surface area contributed by atoms with Gasteiger partial charge in [0.1, 0.15) is 0 Å². The number of ether oxygens (including phenoxy) is 1. The Morgan fingerprint density at radius 1 is 1.26 bits per heavy atom. The van der Waals surface area contributed by atoms with Crippen molar-refractivity contribution in [1.29, 1.82) is 0 Å². The number of carbonyl (C=O) groups is 2. The van der Waals surface area contributed by atoms with Gasteiger partial charge in [-0.3, -0.25) is 9.59 Å². The van der Waals surface area contributed by atoms with Gasteiger partial charge in [0.2, 0.25) is 10.0 Å². The van der Waals surface area contributed by atoms with Gasteiger partial charge in [0, 0.05) is 19.6 Å². The van der Waals surface area contributed by atoms with Gasteiger partial charge < -0.3 is 10.1 Å². The van der Waals surface area contributed by atoms with E-state index in [1.807, 2.05) is 13.8 Å². The summed E-state index contributed by atoms with van der Waals surface area (Å²) in [5.74, 6) is -0.443. The standard InChI is InChI=1S/C18H25ClN2O5S/c1-12-8-13(2)11-21(10-12)27(24,25)14-4-5-16(19)15(9-14)18(23)20-7-6-17(22)26-3/h4-5,9,12-13H,6-8,10-11H2,1-3H3,(H,20,23)/t12-,13-/m0/s1. The Hall–Kier alpha value is -1.64. The lowest BCUT2D eigenvalue weighted by molar-refractivity contribution is -0.140. The molecule has 0 radical (unpaired) electrons. The maximum atomic E-state index is 13.0. The van der Waals surface area contributed by atoms with Crippen LogP contribution >= 0.6 is 11.6 Å². The Balaban J connectivity index is 2.20. The number of hydrogen-bond donors (Lipinski definition) is 1. The van der Waals surface area contributed by atoms with Crippen molar-refractivity contribution < 1.29 is 22.7 Å². The van der Waals surface area contributed by atoms with Crippen LogP contribution in [0.5, 0.6) is 0 Å². The molecule has 1 amide bonds. The lowest BCUT2D eigenvalue weighted by Crippen LogP contribution is -2.42. The van der Waals surface area contributed by atoms with Crippen molar-refractivity contribution in [1.82, 2.24) is 9.62 Å². The lowest BCUT2D eigenvalue weighted by Gasteiger charge is -2.34. The summed E-state index contributed by atoms with van der Waals surface area (Å²) >= 11 is 6.08. The molecule has 150 valence electrons. The van der Waals surface area contributed by atoms with Crippen molar-refractivity contribution in [3.8, 4) is 0 Å². The van der Waals surface area contributed by atoms with Crippen LogP contribution < -0.4 is 5.32 Å². The van der Waals surface area contributed by atoms with Gasteiger partial charge in [-0.25, -0.2) is 8.42 Å². The highest BCUT2D eigenvalue weighted by molar-refractivity contribution is 7.89. The number of esters is 1. The third-order valence-electron chi connectivity index (χ3n) is 4.50. The van der Waals surface area contributed by atoms with Crippen LogP contribution in [0.3, 0.4) is 0 Å². The van der Waals surface area contributed by atoms with Crippen molar-refractivity contribution in [2.75, 3.05) is 26.7 Å². The molecular weight excluding hydrogens is 392 g/mol. The van der Waals surface area contributed by atoms with E-state index in [2.05, 4.69) is 10.1 Å². The van der Waals surface area contributed by atoms with E-state index in [1.54, 1.807) is 0 Å². The molecule has 1 N–H and O–H groups in total. The summed E-state index contributed by atoms with van der Waals surface area (Å²) in [5, 5.41) is 2.69. The average Bonchev–Trinajstić information content (AvgIpc) is 2.60. The fraction of sp³-hybridized carbons (Fsp3) is 0.556. The number of hydrogen-bond acceptors (Lipinski definition) is 5. The van der Waals surface area contributed by atoms with E-state index >= 15 is 0 Å². The second-order valence-electron chi connectivity index (χ2n) is 6.99. The number of rotatable bonds is 6. The van der Waals surface area contributed by atoms with Crippen molar-refractivity contribution in [3.63, 3.8) is 0 Å². The number of methoxy groups -OCH3 is 1. The van der Waals surface area contributed by atoms with Crippen LogP contribution in [-0.2, 0) is 19.6 Å². The molecule has 2 atom stereocenters. The zero-order chi connectivity index (χ0) is 20.2. The molecule has 1 aliphatic heterocycles. The SMILES string of the molecule is COC(=O)CCNC(=O)c1cc(S(=O)(=O)N2C[C@@H](C)C[C@H](C)C2)ccc1Cl. The van der Waals surface area contributed by atoms with E-state index in [4.69, 9.17) is 11.6 Å². The average molecular weight is 417 g/mol. The van der Waals surface area contributed by atoms with Gasteiger partial charge in [-0.15, -0.1) is 0 Å². The van der Waals surface area contributed by atoms with Gasteiger partial charge in [-0.2, -0.15) is 4.31 Å². The normalized spacial score (nSPS) is 20.9. The first-order valence-corrected chi connectivity index (χ1v) is 10.6. The van der Waals surface area contributed by atoms with Crippen molar-refractivity contribution in [2.45, 2.75) is 31.6 Å². The van der Waals surface area contributed by atoms with Crippen molar-refractivity contribution in [3.05, 3.63) is 28.8 Å². The zero-order valence-electron chi connectivity index (χ0n) is 15.7. The maximum absolute atomic E-state index is 13.0. The summed E-state index contributed by atoms with van der Waals surface area (Å²) in [5.41, 5.74) is 0.0562. The van der Waals surface area contributed by atoms with Crippen LogP contribution in [-0.4, -0.2) is 51.3 Å². The number of amides is 1.